The highest BCUT2D eigenvalue weighted by molar-refractivity contribution is 5.49. The molecule has 2 aromatic heterocycles. The van der Waals surface area contributed by atoms with Crippen LogP contribution in [0.3, 0.4) is 0 Å². The van der Waals surface area contributed by atoms with Crippen LogP contribution in [0, 0.1) is 17.6 Å². The molecule has 198 valence electrons. The summed E-state index contributed by atoms with van der Waals surface area (Å²) in [5.41, 5.74) is 7.50. The molecule has 0 saturated carbocycles. The Morgan fingerprint density at radius 3 is 2.51 bits per heavy atom. The third-order valence-electron chi connectivity index (χ3n) is 7.54. The lowest BCUT2D eigenvalue weighted by molar-refractivity contribution is 0.126. The Labute approximate surface area is 215 Å². The molecule has 8 nitrogen and oxygen atoms in total. The summed E-state index contributed by atoms with van der Waals surface area (Å²) in [5, 5.41) is 4.06. The molecular weight excluding hydrogens is 478 g/mol. The smallest absolute Gasteiger partial charge is 0.324 e. The van der Waals surface area contributed by atoms with E-state index >= 15 is 0 Å². The van der Waals surface area contributed by atoms with E-state index in [-0.39, 0.29) is 24.0 Å². The van der Waals surface area contributed by atoms with Crippen LogP contribution >= 0.6 is 0 Å². The number of rotatable bonds is 7. The van der Waals surface area contributed by atoms with E-state index in [4.69, 9.17) is 15.0 Å². The number of pyridine rings is 1. The normalized spacial score (nSPS) is 21.6. The van der Waals surface area contributed by atoms with Crippen LogP contribution in [0.1, 0.15) is 56.8 Å². The van der Waals surface area contributed by atoms with Crippen molar-refractivity contribution in [2.75, 3.05) is 36.0 Å². The molecule has 2 aliphatic heterocycles. The van der Waals surface area contributed by atoms with Crippen LogP contribution in [0.15, 0.2) is 41.1 Å². The molecule has 4 heterocycles. The molecule has 3 unspecified atom stereocenters. The number of hydrogen-bond donors (Lipinski definition) is 1. The molecule has 3 atom stereocenters. The van der Waals surface area contributed by atoms with Crippen molar-refractivity contribution < 1.29 is 18.0 Å². The molecule has 2 fully saturated rings. The van der Waals surface area contributed by atoms with Crippen molar-refractivity contribution >= 4 is 11.7 Å². The van der Waals surface area contributed by atoms with Gasteiger partial charge in [-0.15, -0.1) is 0 Å². The highest BCUT2D eigenvalue weighted by Crippen LogP contribution is 2.33. The van der Waals surface area contributed by atoms with Gasteiger partial charge in [0.1, 0.15) is 17.7 Å². The zero-order chi connectivity index (χ0) is 26.1. The van der Waals surface area contributed by atoms with Crippen LogP contribution in [0.25, 0.3) is 0 Å². The average Bonchev–Trinajstić information content (AvgIpc) is 3.54. The van der Waals surface area contributed by atoms with Crippen molar-refractivity contribution in [2.45, 2.75) is 57.6 Å². The maximum atomic E-state index is 14.3. The number of halogens is 2. The Kier molecular flexibility index (Phi) is 7.28. The Morgan fingerprint density at radius 2 is 1.84 bits per heavy atom. The van der Waals surface area contributed by atoms with Crippen molar-refractivity contribution in [3.05, 3.63) is 59.6 Å². The number of ether oxygens (including phenoxy) is 1. The van der Waals surface area contributed by atoms with Gasteiger partial charge < -0.3 is 24.8 Å². The summed E-state index contributed by atoms with van der Waals surface area (Å²) < 4.78 is 39.6. The first-order chi connectivity index (χ1) is 17.8. The van der Waals surface area contributed by atoms with E-state index < -0.39 is 11.6 Å². The molecule has 2 aliphatic rings. The third-order valence-corrected chi connectivity index (χ3v) is 7.54. The summed E-state index contributed by atoms with van der Waals surface area (Å²) in [7, 11) is 0. The maximum absolute atomic E-state index is 14.3. The number of anilines is 2. The standard InChI is InChI=1S/C27H34F2N6O2/c1-16(2)26-32-27(37-33-26)34-10-8-18(9-11-34)17(3)36-25-7-5-20(13-31-25)35-14-22(24(30)15-35)21-12-19(28)4-6-23(21)29/h4-7,12-13,16-18,22,24H,8-11,14-15,30H2,1-3H3. The van der Waals surface area contributed by atoms with Gasteiger partial charge in [0.05, 0.1) is 11.9 Å². The van der Waals surface area contributed by atoms with E-state index in [2.05, 4.69) is 31.8 Å². The lowest BCUT2D eigenvalue weighted by atomic mass is 9.92. The van der Waals surface area contributed by atoms with Gasteiger partial charge in [0, 0.05) is 50.1 Å². The molecule has 0 spiro atoms. The number of hydrogen-bond acceptors (Lipinski definition) is 8. The highest BCUT2D eigenvalue weighted by Gasteiger charge is 2.34. The SMILES string of the molecule is CC(C)c1noc(N2CCC(C(C)Oc3ccc(N4CC(N)C(c5cc(F)ccc5F)C4)cn3)CC2)n1. The number of piperidine rings is 1. The van der Waals surface area contributed by atoms with Crippen molar-refractivity contribution in [1.29, 1.82) is 0 Å². The van der Waals surface area contributed by atoms with E-state index in [1.54, 1.807) is 6.20 Å². The second kappa shape index (κ2) is 10.6. The molecule has 1 aromatic carbocycles. The van der Waals surface area contributed by atoms with Gasteiger partial charge >= 0.3 is 6.01 Å². The van der Waals surface area contributed by atoms with Crippen LogP contribution in [0.2, 0.25) is 0 Å². The lowest BCUT2D eigenvalue weighted by Gasteiger charge is -2.33. The van der Waals surface area contributed by atoms with E-state index in [0.29, 0.717) is 36.5 Å². The summed E-state index contributed by atoms with van der Waals surface area (Å²) in [5.74, 6) is 0.750. The van der Waals surface area contributed by atoms with Gasteiger partial charge in [-0.25, -0.2) is 13.8 Å². The topological polar surface area (TPSA) is 93.5 Å². The molecule has 2 N–H and O–H groups in total. The summed E-state index contributed by atoms with van der Waals surface area (Å²) in [4.78, 5) is 13.2. The van der Waals surface area contributed by atoms with Crippen LogP contribution in [-0.2, 0) is 0 Å². The summed E-state index contributed by atoms with van der Waals surface area (Å²) in [6.07, 6.45) is 3.68. The fourth-order valence-corrected chi connectivity index (χ4v) is 5.23. The Bertz CT molecular complexity index is 1200. The zero-order valence-corrected chi connectivity index (χ0v) is 21.5. The molecule has 0 bridgehead atoms. The number of benzene rings is 1. The van der Waals surface area contributed by atoms with Crippen LogP contribution in [-0.4, -0.2) is 53.4 Å². The fourth-order valence-electron chi connectivity index (χ4n) is 5.23. The van der Waals surface area contributed by atoms with E-state index in [9.17, 15) is 8.78 Å². The largest absolute Gasteiger partial charge is 0.474 e. The zero-order valence-electron chi connectivity index (χ0n) is 21.5. The Morgan fingerprint density at radius 1 is 1.05 bits per heavy atom. The highest BCUT2D eigenvalue weighted by atomic mass is 19.1. The second-order valence-electron chi connectivity index (χ2n) is 10.4. The molecule has 0 aliphatic carbocycles. The average molecular weight is 513 g/mol. The molecule has 10 heteroatoms. The molecular formula is C27H34F2N6O2. The summed E-state index contributed by atoms with van der Waals surface area (Å²) >= 11 is 0. The predicted octanol–water partition coefficient (Wildman–Crippen LogP) is 4.48. The van der Waals surface area contributed by atoms with Gasteiger partial charge in [-0.3, -0.25) is 0 Å². The number of aromatic nitrogens is 3. The maximum Gasteiger partial charge on any atom is 0.324 e. The first-order valence-corrected chi connectivity index (χ1v) is 12.9. The van der Waals surface area contributed by atoms with Gasteiger partial charge in [0.15, 0.2) is 5.82 Å². The van der Waals surface area contributed by atoms with Gasteiger partial charge in [-0.05, 0) is 55.5 Å². The van der Waals surface area contributed by atoms with Crippen molar-refractivity contribution in [2.24, 2.45) is 11.7 Å². The minimum Gasteiger partial charge on any atom is -0.474 e. The summed E-state index contributed by atoms with van der Waals surface area (Å²) in [6.45, 7) is 8.89. The molecule has 2 saturated heterocycles. The van der Waals surface area contributed by atoms with Gasteiger partial charge in [-0.2, -0.15) is 4.98 Å². The van der Waals surface area contributed by atoms with E-state index in [1.165, 1.54) is 6.07 Å². The van der Waals surface area contributed by atoms with Gasteiger partial charge in [0.25, 0.3) is 0 Å². The predicted molar refractivity (Wildman–Crippen MR) is 137 cm³/mol. The molecule has 0 amide bonds. The number of nitrogens with two attached hydrogens (primary N) is 1. The monoisotopic (exact) mass is 512 g/mol. The first-order valence-electron chi connectivity index (χ1n) is 12.9. The molecule has 37 heavy (non-hydrogen) atoms. The molecule has 0 radical (unpaired) electrons. The Hall–Kier alpha value is -3.27. The molecule has 5 rings (SSSR count). The summed E-state index contributed by atoms with van der Waals surface area (Å²) in [6, 6.07) is 7.62. The van der Waals surface area contributed by atoms with Gasteiger partial charge in [0.2, 0.25) is 5.88 Å². The minimum atomic E-state index is -0.458. The van der Waals surface area contributed by atoms with E-state index in [0.717, 1.165) is 49.6 Å². The van der Waals surface area contributed by atoms with Crippen LogP contribution in [0.4, 0.5) is 20.5 Å². The lowest BCUT2D eigenvalue weighted by Crippen LogP contribution is -2.39. The quantitative estimate of drug-likeness (QED) is 0.495. The van der Waals surface area contributed by atoms with E-state index in [1.807, 2.05) is 26.0 Å². The second-order valence-corrected chi connectivity index (χ2v) is 10.4. The third kappa shape index (κ3) is 5.53. The van der Waals surface area contributed by atoms with Crippen molar-refractivity contribution in [3.8, 4) is 5.88 Å². The first kappa shape index (κ1) is 25.4. The van der Waals surface area contributed by atoms with Crippen molar-refractivity contribution in [3.63, 3.8) is 0 Å². The van der Waals surface area contributed by atoms with Crippen molar-refractivity contribution in [1.82, 2.24) is 15.1 Å². The molecule has 3 aromatic rings. The number of nitrogens with zero attached hydrogens (tertiary/aromatic N) is 5. The Balaban J connectivity index is 1.15. The van der Waals surface area contributed by atoms with Crippen LogP contribution < -0.4 is 20.3 Å². The van der Waals surface area contributed by atoms with Crippen LogP contribution in [0.5, 0.6) is 5.88 Å². The minimum absolute atomic E-state index is 0.00921. The van der Waals surface area contributed by atoms with Gasteiger partial charge in [-0.1, -0.05) is 19.0 Å². The fraction of sp³-hybridized carbons (Fsp3) is 0.519.